The van der Waals surface area contributed by atoms with Crippen molar-refractivity contribution in [2.75, 3.05) is 0 Å². The highest BCUT2D eigenvalue weighted by molar-refractivity contribution is 7.13. The molecule has 0 bridgehead atoms. The summed E-state index contributed by atoms with van der Waals surface area (Å²) in [6, 6.07) is 7.04. The van der Waals surface area contributed by atoms with E-state index in [0.29, 0.717) is 5.88 Å². The van der Waals surface area contributed by atoms with E-state index in [1.807, 2.05) is 11.4 Å². The molecular weight excluding hydrogens is 218 g/mol. The van der Waals surface area contributed by atoms with Crippen LogP contribution in [0.25, 0.3) is 10.6 Å². The number of hydrogen-bond acceptors (Lipinski definition) is 3. The maximum atomic E-state index is 9.29. The number of benzene rings is 1. The minimum atomic E-state index is 0.255. The fourth-order valence-electron chi connectivity index (χ4n) is 1.14. The first-order chi connectivity index (χ1) is 6.79. The number of phenolic OH excluding ortho intramolecular Hbond substituents is 1. The van der Waals surface area contributed by atoms with Crippen molar-refractivity contribution < 1.29 is 5.11 Å². The van der Waals surface area contributed by atoms with Gasteiger partial charge in [0.1, 0.15) is 10.8 Å². The van der Waals surface area contributed by atoms with Gasteiger partial charge in [0.05, 0.1) is 11.6 Å². The monoisotopic (exact) mass is 225 g/mol. The summed E-state index contributed by atoms with van der Waals surface area (Å²) in [7, 11) is 0. The molecule has 0 saturated heterocycles. The first kappa shape index (κ1) is 9.49. The summed E-state index contributed by atoms with van der Waals surface area (Å²) in [6.07, 6.45) is 0. The quantitative estimate of drug-likeness (QED) is 0.796. The molecule has 0 radical (unpaired) electrons. The summed E-state index contributed by atoms with van der Waals surface area (Å²) < 4.78 is 0. The summed E-state index contributed by atoms with van der Waals surface area (Å²) in [6.45, 7) is 0. The van der Waals surface area contributed by atoms with Crippen LogP contribution in [0.4, 0.5) is 0 Å². The predicted molar refractivity (Wildman–Crippen MR) is 58.8 cm³/mol. The molecule has 72 valence electrons. The van der Waals surface area contributed by atoms with Crippen molar-refractivity contribution in [1.29, 1.82) is 0 Å². The summed E-state index contributed by atoms with van der Waals surface area (Å²) in [5, 5.41) is 12.1. The van der Waals surface area contributed by atoms with E-state index in [9.17, 15) is 5.11 Å². The first-order valence-electron chi connectivity index (χ1n) is 4.09. The van der Waals surface area contributed by atoms with E-state index in [1.165, 1.54) is 11.3 Å². The lowest BCUT2D eigenvalue weighted by atomic mass is 10.2. The van der Waals surface area contributed by atoms with Gasteiger partial charge in [0.25, 0.3) is 0 Å². The van der Waals surface area contributed by atoms with Crippen molar-refractivity contribution in [3.05, 3.63) is 35.3 Å². The average molecular weight is 226 g/mol. The molecule has 0 aliphatic heterocycles. The molecule has 4 heteroatoms. The van der Waals surface area contributed by atoms with E-state index < -0.39 is 0 Å². The highest BCUT2D eigenvalue weighted by atomic mass is 35.5. The number of aromatic hydroxyl groups is 1. The average Bonchev–Trinajstić information content (AvgIpc) is 2.66. The van der Waals surface area contributed by atoms with Crippen molar-refractivity contribution in [2.24, 2.45) is 0 Å². The lowest BCUT2D eigenvalue weighted by molar-refractivity contribution is 0.475. The first-order valence-corrected chi connectivity index (χ1v) is 5.51. The van der Waals surface area contributed by atoms with Crippen LogP contribution in [0.3, 0.4) is 0 Å². The second kappa shape index (κ2) is 3.98. The fraction of sp³-hybridized carbons (Fsp3) is 0.100. The molecule has 0 saturated carbocycles. The Hall–Kier alpha value is -1.06. The Balaban J connectivity index is 2.39. The SMILES string of the molecule is Oc1cccc(-c2nc(CCl)cs2)c1. The Morgan fingerprint density at radius 3 is 2.93 bits per heavy atom. The van der Waals surface area contributed by atoms with Crippen molar-refractivity contribution in [3.8, 4) is 16.3 Å². The molecule has 1 heterocycles. The van der Waals surface area contributed by atoms with Gasteiger partial charge in [-0.05, 0) is 12.1 Å². The van der Waals surface area contributed by atoms with Crippen LogP contribution in [0.15, 0.2) is 29.6 Å². The van der Waals surface area contributed by atoms with Gasteiger partial charge in [0.2, 0.25) is 0 Å². The van der Waals surface area contributed by atoms with E-state index in [1.54, 1.807) is 18.2 Å². The molecule has 2 nitrogen and oxygen atoms in total. The molecule has 0 fully saturated rings. The zero-order valence-corrected chi connectivity index (χ0v) is 8.85. The number of hydrogen-bond donors (Lipinski definition) is 1. The molecule has 14 heavy (non-hydrogen) atoms. The van der Waals surface area contributed by atoms with Crippen LogP contribution in [0, 0.1) is 0 Å². The highest BCUT2D eigenvalue weighted by Gasteiger charge is 2.03. The Bertz CT molecular complexity index is 441. The van der Waals surface area contributed by atoms with Crippen LogP contribution in [0.5, 0.6) is 5.75 Å². The molecule has 0 atom stereocenters. The normalized spacial score (nSPS) is 10.4. The maximum absolute atomic E-state index is 9.29. The summed E-state index contributed by atoms with van der Waals surface area (Å²) in [4.78, 5) is 4.32. The van der Waals surface area contributed by atoms with Crippen molar-refractivity contribution in [1.82, 2.24) is 4.98 Å². The minimum absolute atomic E-state index is 0.255. The lowest BCUT2D eigenvalue weighted by Crippen LogP contribution is -1.78. The fourth-order valence-corrected chi connectivity index (χ4v) is 2.18. The highest BCUT2D eigenvalue weighted by Crippen LogP contribution is 2.26. The van der Waals surface area contributed by atoms with E-state index >= 15 is 0 Å². The summed E-state index contributed by atoms with van der Waals surface area (Å²) in [5.41, 5.74) is 1.79. The minimum Gasteiger partial charge on any atom is -0.508 e. The van der Waals surface area contributed by atoms with Gasteiger partial charge >= 0.3 is 0 Å². The van der Waals surface area contributed by atoms with Gasteiger partial charge in [-0.15, -0.1) is 22.9 Å². The van der Waals surface area contributed by atoms with E-state index in [0.717, 1.165) is 16.3 Å². The lowest BCUT2D eigenvalue weighted by Gasteiger charge is -1.96. The van der Waals surface area contributed by atoms with Crippen molar-refractivity contribution in [3.63, 3.8) is 0 Å². The third kappa shape index (κ3) is 1.89. The third-order valence-corrected chi connectivity index (χ3v) is 3.00. The van der Waals surface area contributed by atoms with Gasteiger partial charge in [-0.3, -0.25) is 0 Å². The van der Waals surface area contributed by atoms with Crippen molar-refractivity contribution >= 4 is 22.9 Å². The van der Waals surface area contributed by atoms with Crippen LogP contribution >= 0.6 is 22.9 Å². The summed E-state index contributed by atoms with van der Waals surface area (Å²) in [5.74, 6) is 0.681. The zero-order chi connectivity index (χ0) is 9.97. The number of thiazole rings is 1. The summed E-state index contributed by atoms with van der Waals surface area (Å²) >= 11 is 7.18. The zero-order valence-electron chi connectivity index (χ0n) is 7.27. The molecular formula is C10H8ClNOS. The van der Waals surface area contributed by atoms with Crippen LogP contribution in [-0.2, 0) is 5.88 Å². The number of nitrogens with zero attached hydrogens (tertiary/aromatic N) is 1. The molecule has 1 aromatic carbocycles. The standard InChI is InChI=1S/C10H8ClNOS/c11-5-8-6-14-10(12-8)7-2-1-3-9(13)4-7/h1-4,6,13H,5H2. The van der Waals surface area contributed by atoms with E-state index in [-0.39, 0.29) is 5.75 Å². The molecule has 0 unspecified atom stereocenters. The molecule has 0 amide bonds. The van der Waals surface area contributed by atoms with E-state index in [2.05, 4.69) is 4.98 Å². The number of phenols is 1. The number of rotatable bonds is 2. The largest absolute Gasteiger partial charge is 0.508 e. The Morgan fingerprint density at radius 1 is 1.43 bits per heavy atom. The number of alkyl halides is 1. The van der Waals surface area contributed by atoms with Crippen LogP contribution < -0.4 is 0 Å². The molecule has 0 spiro atoms. The van der Waals surface area contributed by atoms with Gasteiger partial charge in [-0.2, -0.15) is 0 Å². The van der Waals surface area contributed by atoms with Crippen molar-refractivity contribution in [2.45, 2.75) is 5.88 Å². The number of aromatic nitrogens is 1. The van der Waals surface area contributed by atoms with Gasteiger partial charge in [0.15, 0.2) is 0 Å². The van der Waals surface area contributed by atoms with Gasteiger partial charge in [0, 0.05) is 10.9 Å². The van der Waals surface area contributed by atoms with Crippen LogP contribution in [0.2, 0.25) is 0 Å². The molecule has 2 aromatic rings. The van der Waals surface area contributed by atoms with Gasteiger partial charge in [-0.1, -0.05) is 12.1 Å². The van der Waals surface area contributed by atoms with Crippen LogP contribution in [-0.4, -0.2) is 10.1 Å². The molecule has 0 aliphatic carbocycles. The molecule has 1 N–H and O–H groups in total. The molecule has 2 rings (SSSR count). The number of halogens is 1. The second-order valence-corrected chi connectivity index (χ2v) is 3.95. The topological polar surface area (TPSA) is 33.1 Å². The molecule has 0 aliphatic rings. The maximum Gasteiger partial charge on any atom is 0.123 e. The Morgan fingerprint density at radius 2 is 2.29 bits per heavy atom. The molecule has 1 aromatic heterocycles. The van der Waals surface area contributed by atoms with Crippen LogP contribution in [0.1, 0.15) is 5.69 Å². The predicted octanol–water partition coefficient (Wildman–Crippen LogP) is 3.25. The van der Waals surface area contributed by atoms with Gasteiger partial charge < -0.3 is 5.11 Å². The Kier molecular flexibility index (Phi) is 2.70. The second-order valence-electron chi connectivity index (χ2n) is 2.83. The smallest absolute Gasteiger partial charge is 0.123 e. The third-order valence-electron chi connectivity index (χ3n) is 1.78. The Labute approximate surface area is 90.8 Å². The van der Waals surface area contributed by atoms with E-state index in [4.69, 9.17) is 11.6 Å². The van der Waals surface area contributed by atoms with Gasteiger partial charge in [-0.25, -0.2) is 4.98 Å².